The number of rotatable bonds is 5. The third kappa shape index (κ3) is 3.54. The molecular weight excluding hydrogens is 306 g/mol. The van der Waals surface area contributed by atoms with Crippen LogP contribution in [0.5, 0.6) is 0 Å². The van der Waals surface area contributed by atoms with Gasteiger partial charge in [-0.2, -0.15) is 0 Å². The third-order valence-electron chi connectivity index (χ3n) is 2.66. The SMILES string of the molecule is O=C(NC(CC1CC1)C(=O)O)c1cc(Br)cs1. The Labute approximate surface area is 111 Å². The van der Waals surface area contributed by atoms with Crippen molar-refractivity contribution in [2.24, 2.45) is 5.92 Å². The monoisotopic (exact) mass is 317 g/mol. The minimum absolute atomic E-state index is 0.311. The molecule has 0 aromatic carbocycles. The summed E-state index contributed by atoms with van der Waals surface area (Å²) >= 11 is 4.55. The molecule has 1 atom stereocenters. The summed E-state index contributed by atoms with van der Waals surface area (Å²) < 4.78 is 0.835. The Kier molecular flexibility index (Phi) is 3.83. The highest BCUT2D eigenvalue weighted by Crippen LogP contribution is 2.33. The van der Waals surface area contributed by atoms with E-state index in [4.69, 9.17) is 5.11 Å². The van der Waals surface area contributed by atoms with Crippen LogP contribution in [0.15, 0.2) is 15.9 Å². The summed E-state index contributed by atoms with van der Waals surface area (Å²) in [5.74, 6) is -0.805. The van der Waals surface area contributed by atoms with Gasteiger partial charge in [0.2, 0.25) is 0 Å². The molecule has 6 heteroatoms. The van der Waals surface area contributed by atoms with Gasteiger partial charge in [-0.15, -0.1) is 11.3 Å². The predicted octanol–water partition coefficient (Wildman–Crippen LogP) is 2.49. The van der Waals surface area contributed by atoms with E-state index in [-0.39, 0.29) is 5.91 Å². The van der Waals surface area contributed by atoms with Crippen LogP contribution < -0.4 is 5.32 Å². The molecule has 1 saturated carbocycles. The largest absolute Gasteiger partial charge is 0.480 e. The molecule has 1 aromatic rings. The molecule has 1 heterocycles. The van der Waals surface area contributed by atoms with Gasteiger partial charge in [-0.1, -0.05) is 12.8 Å². The molecule has 17 heavy (non-hydrogen) atoms. The number of hydrogen-bond donors (Lipinski definition) is 2. The first-order valence-corrected chi connectivity index (χ1v) is 7.01. The van der Waals surface area contributed by atoms with Crippen molar-refractivity contribution in [2.75, 3.05) is 0 Å². The Morgan fingerprint density at radius 2 is 2.29 bits per heavy atom. The van der Waals surface area contributed by atoms with E-state index < -0.39 is 12.0 Å². The number of amides is 1. The van der Waals surface area contributed by atoms with Gasteiger partial charge in [-0.25, -0.2) is 4.79 Å². The second kappa shape index (κ2) is 5.18. The van der Waals surface area contributed by atoms with Crippen LogP contribution in [-0.4, -0.2) is 23.0 Å². The minimum Gasteiger partial charge on any atom is -0.480 e. The van der Waals surface area contributed by atoms with Crippen molar-refractivity contribution in [2.45, 2.75) is 25.3 Å². The van der Waals surface area contributed by atoms with Gasteiger partial charge in [0.05, 0.1) is 4.88 Å². The Morgan fingerprint density at radius 1 is 1.59 bits per heavy atom. The van der Waals surface area contributed by atoms with E-state index in [1.807, 2.05) is 0 Å². The van der Waals surface area contributed by atoms with Gasteiger partial charge in [0.1, 0.15) is 6.04 Å². The van der Waals surface area contributed by atoms with Crippen molar-refractivity contribution in [1.82, 2.24) is 5.32 Å². The lowest BCUT2D eigenvalue weighted by Crippen LogP contribution is -2.40. The van der Waals surface area contributed by atoms with Crippen LogP contribution in [0.2, 0.25) is 0 Å². The first-order chi connectivity index (χ1) is 8.06. The topological polar surface area (TPSA) is 66.4 Å². The third-order valence-corrected chi connectivity index (χ3v) is 4.35. The van der Waals surface area contributed by atoms with Crippen molar-refractivity contribution in [1.29, 1.82) is 0 Å². The van der Waals surface area contributed by atoms with Crippen LogP contribution >= 0.6 is 27.3 Å². The van der Waals surface area contributed by atoms with Gasteiger partial charge in [-0.3, -0.25) is 4.79 Å². The molecule has 0 spiro atoms. The molecular formula is C11H12BrNO3S. The number of carbonyl (C=O) groups is 2. The average molecular weight is 318 g/mol. The molecule has 4 nitrogen and oxygen atoms in total. The quantitative estimate of drug-likeness (QED) is 0.876. The second-order valence-electron chi connectivity index (χ2n) is 4.17. The number of thiophene rings is 1. The summed E-state index contributed by atoms with van der Waals surface area (Å²) in [6, 6.07) is 0.923. The van der Waals surface area contributed by atoms with E-state index in [9.17, 15) is 9.59 Å². The van der Waals surface area contributed by atoms with Crippen LogP contribution in [0.4, 0.5) is 0 Å². The number of hydrogen-bond acceptors (Lipinski definition) is 3. The number of carbonyl (C=O) groups excluding carboxylic acids is 1. The van der Waals surface area contributed by atoms with E-state index >= 15 is 0 Å². The fourth-order valence-corrected chi connectivity index (χ4v) is 2.90. The maximum Gasteiger partial charge on any atom is 0.326 e. The number of nitrogens with one attached hydrogen (secondary N) is 1. The van der Waals surface area contributed by atoms with Gasteiger partial charge in [0.15, 0.2) is 0 Å². The highest BCUT2D eigenvalue weighted by Gasteiger charge is 2.30. The predicted molar refractivity (Wildman–Crippen MR) is 68.3 cm³/mol. The molecule has 2 rings (SSSR count). The Hall–Kier alpha value is -0.880. The molecule has 1 fully saturated rings. The summed E-state index contributed by atoms with van der Waals surface area (Å²) in [5.41, 5.74) is 0. The standard InChI is InChI=1S/C11H12BrNO3S/c12-7-4-9(17-5-7)10(14)13-8(11(15)16)3-6-1-2-6/h4-6,8H,1-3H2,(H,13,14)(H,15,16). The number of aliphatic carboxylic acids is 1. The zero-order valence-electron chi connectivity index (χ0n) is 8.98. The number of carboxylic acids is 1. The van der Waals surface area contributed by atoms with E-state index in [1.54, 1.807) is 11.4 Å². The first-order valence-electron chi connectivity index (χ1n) is 5.34. The molecule has 0 aliphatic heterocycles. The number of halogens is 1. The van der Waals surface area contributed by atoms with Crippen LogP contribution in [0.25, 0.3) is 0 Å². The highest BCUT2D eigenvalue weighted by atomic mass is 79.9. The van der Waals surface area contributed by atoms with Gasteiger partial charge in [0.25, 0.3) is 5.91 Å². The second-order valence-corrected chi connectivity index (χ2v) is 6.00. The van der Waals surface area contributed by atoms with Crippen molar-refractivity contribution in [3.63, 3.8) is 0 Å². The zero-order valence-corrected chi connectivity index (χ0v) is 11.4. The summed E-state index contributed by atoms with van der Waals surface area (Å²) in [4.78, 5) is 23.3. The Bertz CT molecular complexity index is 442. The van der Waals surface area contributed by atoms with Crippen molar-refractivity contribution in [3.05, 3.63) is 20.8 Å². The van der Waals surface area contributed by atoms with E-state index in [0.717, 1.165) is 17.3 Å². The molecule has 92 valence electrons. The fourth-order valence-electron chi connectivity index (χ4n) is 1.57. The smallest absolute Gasteiger partial charge is 0.326 e. The van der Waals surface area contributed by atoms with Gasteiger partial charge < -0.3 is 10.4 Å². The zero-order chi connectivity index (χ0) is 12.4. The summed E-state index contributed by atoms with van der Waals surface area (Å²) in [5, 5.41) is 13.4. The molecule has 2 N–H and O–H groups in total. The molecule has 1 amide bonds. The van der Waals surface area contributed by atoms with Gasteiger partial charge in [0, 0.05) is 9.85 Å². The maximum atomic E-state index is 11.8. The summed E-state index contributed by atoms with van der Waals surface area (Å²) in [7, 11) is 0. The Balaban J connectivity index is 1.96. The minimum atomic E-state index is -0.958. The first kappa shape index (κ1) is 12.6. The molecule has 0 saturated heterocycles. The molecule has 0 radical (unpaired) electrons. The molecule has 1 aromatic heterocycles. The van der Waals surface area contributed by atoms with Crippen LogP contribution in [0, 0.1) is 5.92 Å². The molecule has 1 aliphatic rings. The lowest BCUT2D eigenvalue weighted by Gasteiger charge is -2.13. The molecule has 0 bridgehead atoms. The van der Waals surface area contributed by atoms with Gasteiger partial charge >= 0.3 is 5.97 Å². The van der Waals surface area contributed by atoms with Crippen molar-refractivity contribution in [3.8, 4) is 0 Å². The van der Waals surface area contributed by atoms with Crippen molar-refractivity contribution >= 4 is 39.1 Å². The lowest BCUT2D eigenvalue weighted by atomic mass is 10.1. The normalized spacial score (nSPS) is 16.5. The van der Waals surface area contributed by atoms with Crippen LogP contribution in [-0.2, 0) is 4.79 Å². The molecule has 1 unspecified atom stereocenters. The van der Waals surface area contributed by atoms with E-state index in [1.165, 1.54) is 11.3 Å². The Morgan fingerprint density at radius 3 is 2.76 bits per heavy atom. The van der Waals surface area contributed by atoms with Gasteiger partial charge in [-0.05, 0) is 34.3 Å². The summed E-state index contributed by atoms with van der Waals surface area (Å²) in [6.07, 6.45) is 2.68. The maximum absolute atomic E-state index is 11.8. The van der Waals surface area contributed by atoms with E-state index in [2.05, 4.69) is 21.2 Å². The highest BCUT2D eigenvalue weighted by molar-refractivity contribution is 9.10. The number of carboxylic acid groups (broad SMARTS) is 1. The van der Waals surface area contributed by atoms with Crippen LogP contribution in [0.3, 0.4) is 0 Å². The van der Waals surface area contributed by atoms with E-state index in [0.29, 0.717) is 17.2 Å². The molecule has 1 aliphatic carbocycles. The fraction of sp³-hybridized carbons (Fsp3) is 0.455. The lowest BCUT2D eigenvalue weighted by molar-refractivity contribution is -0.139. The van der Waals surface area contributed by atoms with Crippen molar-refractivity contribution < 1.29 is 14.7 Å². The van der Waals surface area contributed by atoms with Crippen LogP contribution in [0.1, 0.15) is 28.9 Å². The average Bonchev–Trinajstić information content (AvgIpc) is 2.97. The summed E-state index contributed by atoms with van der Waals surface area (Å²) in [6.45, 7) is 0.